The lowest BCUT2D eigenvalue weighted by Gasteiger charge is -2.12. The van der Waals surface area contributed by atoms with E-state index in [1.807, 2.05) is 0 Å². The Hall–Kier alpha value is -1.04. The lowest BCUT2D eigenvalue weighted by atomic mass is 10.2. The van der Waals surface area contributed by atoms with Crippen molar-refractivity contribution < 1.29 is 18.3 Å². The van der Waals surface area contributed by atoms with Gasteiger partial charge in [0.15, 0.2) is 6.10 Å². The van der Waals surface area contributed by atoms with Crippen LogP contribution in [0.15, 0.2) is 6.33 Å². The standard InChI is InChI=1S/C6H7F3N2O/c1-3-4(11-2-10-3)5(12)6(7,8)9/h2,5,12H,1H3,(H,10,11). The molecule has 2 N–H and O–H groups in total. The maximum absolute atomic E-state index is 11.9. The summed E-state index contributed by atoms with van der Waals surface area (Å²) in [5.41, 5.74) is -0.151. The molecular formula is C6H7F3N2O. The van der Waals surface area contributed by atoms with E-state index >= 15 is 0 Å². The van der Waals surface area contributed by atoms with Crippen molar-refractivity contribution in [2.75, 3.05) is 0 Å². The SMILES string of the molecule is Cc1[nH]cnc1C(O)C(F)(F)F. The van der Waals surface area contributed by atoms with Crippen LogP contribution in [-0.4, -0.2) is 21.3 Å². The Labute approximate surface area is 66.2 Å². The van der Waals surface area contributed by atoms with E-state index in [9.17, 15) is 13.2 Å². The van der Waals surface area contributed by atoms with Crippen LogP contribution in [0.3, 0.4) is 0 Å². The molecule has 1 rings (SSSR count). The van der Waals surface area contributed by atoms with Crippen LogP contribution in [0.4, 0.5) is 13.2 Å². The number of alkyl halides is 3. The minimum atomic E-state index is -4.65. The molecule has 0 bridgehead atoms. The molecule has 68 valence electrons. The van der Waals surface area contributed by atoms with Crippen LogP contribution < -0.4 is 0 Å². The molecule has 0 spiro atoms. The second kappa shape index (κ2) is 2.78. The molecule has 6 heteroatoms. The van der Waals surface area contributed by atoms with E-state index in [1.165, 1.54) is 6.92 Å². The summed E-state index contributed by atoms with van der Waals surface area (Å²) in [5.74, 6) is 0. The van der Waals surface area contributed by atoms with Crippen molar-refractivity contribution in [1.29, 1.82) is 0 Å². The fourth-order valence-corrected chi connectivity index (χ4v) is 0.800. The van der Waals surface area contributed by atoms with Crippen LogP contribution >= 0.6 is 0 Å². The molecule has 1 unspecified atom stereocenters. The summed E-state index contributed by atoms with van der Waals surface area (Å²) in [7, 11) is 0. The van der Waals surface area contributed by atoms with Crippen molar-refractivity contribution in [1.82, 2.24) is 9.97 Å². The number of aromatic amines is 1. The van der Waals surface area contributed by atoms with Gasteiger partial charge in [-0.3, -0.25) is 0 Å². The minimum Gasteiger partial charge on any atom is -0.378 e. The number of hydrogen-bond acceptors (Lipinski definition) is 2. The molecule has 0 aliphatic heterocycles. The highest BCUT2D eigenvalue weighted by atomic mass is 19.4. The Bertz CT molecular complexity index is 268. The maximum Gasteiger partial charge on any atom is 0.420 e. The summed E-state index contributed by atoms with van der Waals surface area (Å²) in [6, 6.07) is 0. The molecular weight excluding hydrogens is 173 g/mol. The fraction of sp³-hybridized carbons (Fsp3) is 0.500. The fourth-order valence-electron chi connectivity index (χ4n) is 0.800. The average molecular weight is 180 g/mol. The summed E-state index contributed by atoms with van der Waals surface area (Å²) >= 11 is 0. The smallest absolute Gasteiger partial charge is 0.378 e. The normalized spacial score (nSPS) is 14.8. The first-order chi connectivity index (χ1) is 5.43. The van der Waals surface area contributed by atoms with Gasteiger partial charge in [-0.05, 0) is 6.92 Å². The topological polar surface area (TPSA) is 48.9 Å². The number of hydrogen-bond donors (Lipinski definition) is 2. The molecule has 0 aromatic carbocycles. The van der Waals surface area contributed by atoms with Gasteiger partial charge in [-0.15, -0.1) is 0 Å². The highest BCUT2D eigenvalue weighted by Gasteiger charge is 2.41. The van der Waals surface area contributed by atoms with Crippen LogP contribution in [0.2, 0.25) is 0 Å². The van der Waals surface area contributed by atoms with Crippen molar-refractivity contribution in [3.8, 4) is 0 Å². The molecule has 0 saturated heterocycles. The Morgan fingerprint density at radius 2 is 2.17 bits per heavy atom. The highest BCUT2D eigenvalue weighted by Crippen LogP contribution is 2.32. The number of aromatic nitrogens is 2. The quantitative estimate of drug-likeness (QED) is 0.684. The van der Waals surface area contributed by atoms with Gasteiger partial charge in [0.1, 0.15) is 0 Å². The van der Waals surface area contributed by atoms with E-state index in [2.05, 4.69) is 9.97 Å². The van der Waals surface area contributed by atoms with Gasteiger partial charge in [-0.2, -0.15) is 13.2 Å². The number of nitrogens with zero attached hydrogens (tertiary/aromatic N) is 1. The van der Waals surface area contributed by atoms with E-state index in [0.29, 0.717) is 0 Å². The predicted molar refractivity (Wildman–Crippen MR) is 34.3 cm³/mol. The van der Waals surface area contributed by atoms with Crippen molar-refractivity contribution in [3.63, 3.8) is 0 Å². The first kappa shape index (κ1) is 9.05. The number of aryl methyl sites for hydroxylation is 1. The molecule has 0 fully saturated rings. The first-order valence-corrected chi connectivity index (χ1v) is 3.17. The van der Waals surface area contributed by atoms with Gasteiger partial charge in [0.05, 0.1) is 12.0 Å². The Kier molecular flexibility index (Phi) is 2.10. The summed E-state index contributed by atoms with van der Waals surface area (Å²) < 4.78 is 35.7. The molecule has 1 heterocycles. The largest absolute Gasteiger partial charge is 0.420 e. The second-order valence-corrected chi connectivity index (χ2v) is 2.36. The predicted octanol–water partition coefficient (Wildman–Crippen LogP) is 1.31. The van der Waals surface area contributed by atoms with Crippen molar-refractivity contribution in [3.05, 3.63) is 17.7 Å². The summed E-state index contributed by atoms with van der Waals surface area (Å²) in [4.78, 5) is 5.81. The van der Waals surface area contributed by atoms with Crippen LogP contribution in [0.5, 0.6) is 0 Å². The van der Waals surface area contributed by atoms with Gasteiger partial charge in [-0.1, -0.05) is 0 Å². The molecule has 1 aromatic heterocycles. The summed E-state index contributed by atoms with van der Waals surface area (Å²) in [6.07, 6.45) is -6.04. The third-order valence-corrected chi connectivity index (χ3v) is 1.44. The van der Waals surface area contributed by atoms with Gasteiger partial charge < -0.3 is 10.1 Å². The third-order valence-electron chi connectivity index (χ3n) is 1.44. The Morgan fingerprint density at radius 1 is 1.58 bits per heavy atom. The molecule has 1 aromatic rings. The lowest BCUT2D eigenvalue weighted by molar-refractivity contribution is -0.208. The molecule has 1 atom stereocenters. The number of imidazole rings is 1. The van der Waals surface area contributed by atoms with Crippen LogP contribution in [0, 0.1) is 6.92 Å². The van der Waals surface area contributed by atoms with E-state index in [0.717, 1.165) is 6.33 Å². The van der Waals surface area contributed by atoms with Crippen LogP contribution in [0.25, 0.3) is 0 Å². The van der Waals surface area contributed by atoms with Gasteiger partial charge in [0.25, 0.3) is 0 Å². The second-order valence-electron chi connectivity index (χ2n) is 2.36. The lowest BCUT2D eigenvalue weighted by Crippen LogP contribution is -2.21. The van der Waals surface area contributed by atoms with Crippen LogP contribution in [0.1, 0.15) is 17.5 Å². The van der Waals surface area contributed by atoms with Crippen LogP contribution in [-0.2, 0) is 0 Å². The van der Waals surface area contributed by atoms with Crippen molar-refractivity contribution >= 4 is 0 Å². The highest BCUT2D eigenvalue weighted by molar-refractivity contribution is 5.13. The zero-order chi connectivity index (χ0) is 9.35. The number of aliphatic hydroxyl groups is 1. The van der Waals surface area contributed by atoms with E-state index in [4.69, 9.17) is 5.11 Å². The molecule has 12 heavy (non-hydrogen) atoms. The van der Waals surface area contributed by atoms with Crippen molar-refractivity contribution in [2.24, 2.45) is 0 Å². The zero-order valence-electron chi connectivity index (χ0n) is 6.18. The minimum absolute atomic E-state index is 0.222. The summed E-state index contributed by atoms with van der Waals surface area (Å²) in [6.45, 7) is 1.41. The number of aliphatic hydroxyl groups excluding tert-OH is 1. The molecule has 0 aliphatic carbocycles. The molecule has 0 aliphatic rings. The monoisotopic (exact) mass is 180 g/mol. The third kappa shape index (κ3) is 1.58. The van der Waals surface area contributed by atoms with E-state index in [-0.39, 0.29) is 11.4 Å². The molecule has 0 saturated carbocycles. The molecule has 0 radical (unpaired) electrons. The maximum atomic E-state index is 11.9. The van der Waals surface area contributed by atoms with E-state index < -0.39 is 12.3 Å². The van der Waals surface area contributed by atoms with Crippen molar-refractivity contribution in [2.45, 2.75) is 19.2 Å². The van der Waals surface area contributed by atoms with Gasteiger partial charge in [0, 0.05) is 5.69 Å². The number of halogens is 3. The van der Waals surface area contributed by atoms with Gasteiger partial charge in [-0.25, -0.2) is 4.98 Å². The number of rotatable bonds is 1. The first-order valence-electron chi connectivity index (χ1n) is 3.17. The molecule has 3 nitrogen and oxygen atoms in total. The van der Waals surface area contributed by atoms with E-state index in [1.54, 1.807) is 0 Å². The van der Waals surface area contributed by atoms with Gasteiger partial charge >= 0.3 is 6.18 Å². The number of nitrogens with one attached hydrogen (secondary N) is 1. The average Bonchev–Trinajstić information content (AvgIpc) is 2.31. The van der Waals surface area contributed by atoms with Gasteiger partial charge in [0.2, 0.25) is 0 Å². The Balaban J connectivity index is 2.92. The Morgan fingerprint density at radius 3 is 2.50 bits per heavy atom. The zero-order valence-corrected chi connectivity index (χ0v) is 6.18. The number of H-pyrrole nitrogens is 1. The summed E-state index contributed by atoms with van der Waals surface area (Å²) in [5, 5.41) is 8.72. The molecule has 0 amide bonds.